The van der Waals surface area contributed by atoms with Gasteiger partial charge in [-0.25, -0.2) is 9.97 Å². The Balaban J connectivity index is 2.24. The second-order valence-corrected chi connectivity index (χ2v) is 4.66. The Bertz CT molecular complexity index is 703. The first-order chi connectivity index (χ1) is 9.29. The molecular weight excluding hydrogens is 260 g/mol. The summed E-state index contributed by atoms with van der Waals surface area (Å²) in [6.45, 7) is 0.552. The van der Waals surface area contributed by atoms with Crippen LogP contribution < -0.4 is 5.73 Å². The third-order valence-electron chi connectivity index (χ3n) is 2.94. The second kappa shape index (κ2) is 4.99. The minimum atomic E-state index is 0.552. The molecule has 0 spiro atoms. The lowest BCUT2D eigenvalue weighted by molar-refractivity contribution is 0.835. The smallest absolute Gasteiger partial charge is 0.138 e. The number of hydrogen-bond acceptors (Lipinski definition) is 3. The summed E-state index contributed by atoms with van der Waals surface area (Å²) in [6.07, 6.45) is 2.34. The summed E-state index contributed by atoms with van der Waals surface area (Å²) in [4.78, 5) is 8.98. The molecule has 1 aromatic carbocycles. The molecule has 0 bridgehead atoms. The fraction of sp³-hybridized carbons (Fsp3) is 0.143. The van der Waals surface area contributed by atoms with E-state index < -0.39 is 0 Å². The number of fused-ring (bicyclic) bond motifs is 1. The van der Waals surface area contributed by atoms with Crippen LogP contribution >= 0.6 is 11.6 Å². The molecule has 0 aliphatic rings. The number of nitrogens with zero attached hydrogens (tertiary/aromatic N) is 3. The standard InChI is InChI=1S/C14H13ClN4/c15-10-5-6-13(17-9-10)19-12-4-2-1-3-11(12)18-14(19)7-8-16/h1-6,9H,7-8,16H2. The Hall–Kier alpha value is -1.91. The summed E-state index contributed by atoms with van der Waals surface area (Å²) >= 11 is 5.88. The molecule has 0 aliphatic heterocycles. The minimum absolute atomic E-state index is 0.552. The van der Waals surface area contributed by atoms with Crippen molar-refractivity contribution < 1.29 is 0 Å². The summed E-state index contributed by atoms with van der Waals surface area (Å²) in [5, 5.41) is 0.619. The van der Waals surface area contributed by atoms with Crippen LogP contribution in [0.3, 0.4) is 0 Å². The largest absolute Gasteiger partial charge is 0.330 e. The third-order valence-corrected chi connectivity index (χ3v) is 3.16. The van der Waals surface area contributed by atoms with E-state index >= 15 is 0 Å². The first kappa shape index (κ1) is 12.1. The Morgan fingerprint density at radius 1 is 1.16 bits per heavy atom. The van der Waals surface area contributed by atoms with Crippen molar-refractivity contribution in [2.75, 3.05) is 6.54 Å². The van der Waals surface area contributed by atoms with Gasteiger partial charge in [0.1, 0.15) is 11.6 Å². The van der Waals surface area contributed by atoms with Crippen LogP contribution in [0.15, 0.2) is 42.6 Å². The molecule has 3 rings (SSSR count). The number of aromatic nitrogens is 3. The van der Waals surface area contributed by atoms with E-state index in [-0.39, 0.29) is 0 Å². The van der Waals surface area contributed by atoms with Gasteiger partial charge in [-0.15, -0.1) is 0 Å². The van der Waals surface area contributed by atoms with E-state index in [1.165, 1.54) is 0 Å². The van der Waals surface area contributed by atoms with Crippen LogP contribution in [-0.4, -0.2) is 21.1 Å². The highest BCUT2D eigenvalue weighted by atomic mass is 35.5. The Morgan fingerprint density at radius 2 is 2.00 bits per heavy atom. The second-order valence-electron chi connectivity index (χ2n) is 4.23. The zero-order valence-corrected chi connectivity index (χ0v) is 11.0. The number of benzene rings is 1. The maximum Gasteiger partial charge on any atom is 0.138 e. The summed E-state index contributed by atoms with van der Waals surface area (Å²) < 4.78 is 2.03. The number of pyridine rings is 1. The molecule has 0 saturated heterocycles. The Morgan fingerprint density at radius 3 is 2.74 bits per heavy atom. The van der Waals surface area contributed by atoms with Crippen molar-refractivity contribution in [2.24, 2.45) is 5.73 Å². The number of halogens is 1. The maximum atomic E-state index is 5.88. The highest BCUT2D eigenvalue weighted by Crippen LogP contribution is 2.21. The van der Waals surface area contributed by atoms with Gasteiger partial charge in [0.2, 0.25) is 0 Å². The maximum absolute atomic E-state index is 5.88. The molecular formula is C14H13ClN4. The molecule has 19 heavy (non-hydrogen) atoms. The monoisotopic (exact) mass is 272 g/mol. The molecule has 2 aromatic heterocycles. The van der Waals surface area contributed by atoms with E-state index in [0.717, 1.165) is 22.7 Å². The SMILES string of the molecule is NCCc1nc2ccccc2n1-c1ccc(Cl)cn1. The van der Waals surface area contributed by atoms with Gasteiger partial charge in [0.15, 0.2) is 0 Å². The lowest BCUT2D eigenvalue weighted by Crippen LogP contribution is -2.09. The minimum Gasteiger partial charge on any atom is -0.330 e. The molecule has 0 saturated carbocycles. The van der Waals surface area contributed by atoms with Crippen LogP contribution in [0.4, 0.5) is 0 Å². The Kier molecular flexibility index (Phi) is 3.19. The van der Waals surface area contributed by atoms with Crippen molar-refractivity contribution in [1.82, 2.24) is 14.5 Å². The van der Waals surface area contributed by atoms with Crippen LogP contribution in [0.2, 0.25) is 5.02 Å². The quantitative estimate of drug-likeness (QED) is 0.797. The molecule has 0 atom stereocenters. The molecule has 0 fully saturated rings. The fourth-order valence-corrected chi connectivity index (χ4v) is 2.24. The molecule has 4 nitrogen and oxygen atoms in total. The van der Waals surface area contributed by atoms with Gasteiger partial charge in [0, 0.05) is 12.6 Å². The molecule has 2 N–H and O–H groups in total. The van der Waals surface area contributed by atoms with Gasteiger partial charge in [0.05, 0.1) is 16.1 Å². The molecule has 0 aliphatic carbocycles. The topological polar surface area (TPSA) is 56.7 Å². The summed E-state index contributed by atoms with van der Waals surface area (Å²) in [5.41, 5.74) is 7.63. The Labute approximate surface area is 115 Å². The van der Waals surface area contributed by atoms with Crippen molar-refractivity contribution in [2.45, 2.75) is 6.42 Å². The van der Waals surface area contributed by atoms with Crippen LogP contribution in [0, 0.1) is 0 Å². The van der Waals surface area contributed by atoms with Crippen LogP contribution in [-0.2, 0) is 6.42 Å². The van der Waals surface area contributed by atoms with E-state index in [4.69, 9.17) is 17.3 Å². The van der Waals surface area contributed by atoms with Crippen molar-refractivity contribution in [1.29, 1.82) is 0 Å². The lowest BCUT2D eigenvalue weighted by Gasteiger charge is -2.07. The van der Waals surface area contributed by atoms with Gasteiger partial charge in [-0.1, -0.05) is 23.7 Å². The first-order valence-corrected chi connectivity index (χ1v) is 6.46. The number of para-hydroxylation sites is 2. The zero-order valence-electron chi connectivity index (χ0n) is 10.3. The number of hydrogen-bond donors (Lipinski definition) is 1. The molecule has 0 unspecified atom stereocenters. The normalized spacial score (nSPS) is 11.1. The van der Waals surface area contributed by atoms with Gasteiger partial charge in [-0.05, 0) is 30.8 Å². The average Bonchev–Trinajstić information content (AvgIpc) is 2.78. The van der Waals surface area contributed by atoms with Crippen LogP contribution in [0.25, 0.3) is 16.9 Å². The third kappa shape index (κ3) is 2.20. The van der Waals surface area contributed by atoms with E-state index in [2.05, 4.69) is 9.97 Å². The van der Waals surface area contributed by atoms with Gasteiger partial charge in [0.25, 0.3) is 0 Å². The van der Waals surface area contributed by atoms with E-state index in [1.54, 1.807) is 6.20 Å². The van der Waals surface area contributed by atoms with Crippen LogP contribution in [0.1, 0.15) is 5.82 Å². The molecule has 5 heteroatoms. The van der Waals surface area contributed by atoms with E-state index in [9.17, 15) is 0 Å². The van der Waals surface area contributed by atoms with Gasteiger partial charge >= 0.3 is 0 Å². The van der Waals surface area contributed by atoms with Crippen molar-refractivity contribution >= 4 is 22.6 Å². The van der Waals surface area contributed by atoms with E-state index in [0.29, 0.717) is 18.0 Å². The lowest BCUT2D eigenvalue weighted by atomic mass is 10.3. The highest BCUT2D eigenvalue weighted by molar-refractivity contribution is 6.30. The van der Waals surface area contributed by atoms with Crippen molar-refractivity contribution in [3.63, 3.8) is 0 Å². The van der Waals surface area contributed by atoms with Crippen molar-refractivity contribution in [3.05, 3.63) is 53.4 Å². The summed E-state index contributed by atoms with van der Waals surface area (Å²) in [6, 6.07) is 11.7. The molecule has 0 radical (unpaired) electrons. The van der Waals surface area contributed by atoms with Crippen molar-refractivity contribution in [3.8, 4) is 5.82 Å². The van der Waals surface area contributed by atoms with Gasteiger partial charge < -0.3 is 5.73 Å². The number of imidazole rings is 1. The summed E-state index contributed by atoms with van der Waals surface area (Å²) in [5.74, 6) is 1.72. The van der Waals surface area contributed by atoms with Gasteiger partial charge in [-0.3, -0.25) is 4.57 Å². The summed E-state index contributed by atoms with van der Waals surface area (Å²) in [7, 11) is 0. The fourth-order valence-electron chi connectivity index (χ4n) is 2.13. The molecule has 96 valence electrons. The predicted molar refractivity (Wildman–Crippen MR) is 76.6 cm³/mol. The molecule has 3 aromatic rings. The molecule has 2 heterocycles. The first-order valence-electron chi connectivity index (χ1n) is 6.08. The highest BCUT2D eigenvalue weighted by Gasteiger charge is 2.12. The van der Waals surface area contributed by atoms with E-state index in [1.807, 2.05) is 41.0 Å². The number of nitrogens with two attached hydrogens (primary N) is 1. The van der Waals surface area contributed by atoms with Crippen LogP contribution in [0.5, 0.6) is 0 Å². The average molecular weight is 273 g/mol. The molecule has 0 amide bonds. The van der Waals surface area contributed by atoms with Gasteiger partial charge in [-0.2, -0.15) is 0 Å². The number of rotatable bonds is 3. The zero-order chi connectivity index (χ0) is 13.2. The predicted octanol–water partition coefficient (Wildman–Crippen LogP) is 2.58.